The standard InChI is InChI=1S/C24H25N3O6S2/c1-14(35-17-6-4-5-16(12-17)25-21(28)9-10-22(29)30)23(31)27-24-26-18(13-34-24)15-7-8-19(32-2)20(11-15)33-3/h4-8,11-14H,9-10H2,1-3H3,(H,25,28)(H,29,30)(H,26,27,31). The number of ether oxygens (including phenoxy) is 2. The van der Waals surface area contributed by atoms with E-state index in [4.69, 9.17) is 14.6 Å². The monoisotopic (exact) mass is 515 g/mol. The number of nitrogens with zero attached hydrogens (tertiary/aromatic N) is 1. The molecule has 2 amide bonds. The van der Waals surface area contributed by atoms with Crippen LogP contribution in [0.2, 0.25) is 0 Å². The van der Waals surface area contributed by atoms with Crippen molar-refractivity contribution in [3.05, 3.63) is 47.8 Å². The zero-order valence-electron chi connectivity index (χ0n) is 19.4. The number of anilines is 2. The van der Waals surface area contributed by atoms with Crippen molar-refractivity contribution in [1.29, 1.82) is 0 Å². The van der Waals surface area contributed by atoms with Gasteiger partial charge in [-0.1, -0.05) is 6.07 Å². The van der Waals surface area contributed by atoms with Crippen LogP contribution in [0.3, 0.4) is 0 Å². The quantitative estimate of drug-likeness (QED) is 0.312. The molecule has 0 fully saturated rings. The van der Waals surface area contributed by atoms with E-state index in [1.165, 1.54) is 23.1 Å². The largest absolute Gasteiger partial charge is 0.493 e. The molecule has 11 heteroatoms. The fraction of sp³-hybridized carbons (Fsp3) is 0.250. The molecule has 35 heavy (non-hydrogen) atoms. The summed E-state index contributed by atoms with van der Waals surface area (Å²) in [5, 5.41) is 16.1. The Labute approximate surface area is 210 Å². The number of nitrogens with one attached hydrogen (secondary N) is 2. The number of rotatable bonds is 11. The highest BCUT2D eigenvalue weighted by atomic mass is 32.2. The molecular formula is C24H25N3O6S2. The van der Waals surface area contributed by atoms with E-state index in [0.29, 0.717) is 28.0 Å². The van der Waals surface area contributed by atoms with Gasteiger partial charge in [-0.05, 0) is 43.3 Å². The molecule has 0 saturated heterocycles. The molecule has 0 aliphatic carbocycles. The summed E-state index contributed by atoms with van der Waals surface area (Å²) in [6, 6.07) is 12.5. The van der Waals surface area contributed by atoms with E-state index >= 15 is 0 Å². The minimum absolute atomic E-state index is 0.107. The third kappa shape index (κ3) is 7.46. The smallest absolute Gasteiger partial charge is 0.303 e. The summed E-state index contributed by atoms with van der Waals surface area (Å²) in [7, 11) is 3.14. The normalized spacial score (nSPS) is 11.4. The first-order valence-electron chi connectivity index (χ1n) is 10.6. The Hall–Kier alpha value is -3.57. The van der Waals surface area contributed by atoms with Crippen molar-refractivity contribution in [3.8, 4) is 22.8 Å². The fourth-order valence-electron chi connectivity index (χ4n) is 3.02. The zero-order chi connectivity index (χ0) is 25.4. The van der Waals surface area contributed by atoms with Gasteiger partial charge in [0.05, 0.1) is 31.6 Å². The highest BCUT2D eigenvalue weighted by molar-refractivity contribution is 8.00. The molecule has 3 N–H and O–H groups in total. The van der Waals surface area contributed by atoms with Crippen LogP contribution in [0.5, 0.6) is 11.5 Å². The minimum Gasteiger partial charge on any atom is -0.493 e. The maximum absolute atomic E-state index is 12.7. The molecule has 0 radical (unpaired) electrons. The van der Waals surface area contributed by atoms with E-state index in [9.17, 15) is 14.4 Å². The Morgan fingerprint density at radius 3 is 2.54 bits per heavy atom. The number of thioether (sulfide) groups is 1. The Bertz CT molecular complexity index is 1210. The van der Waals surface area contributed by atoms with Gasteiger partial charge in [0.2, 0.25) is 11.8 Å². The first kappa shape index (κ1) is 26.0. The maximum atomic E-state index is 12.7. The van der Waals surface area contributed by atoms with E-state index in [1.807, 2.05) is 23.6 Å². The molecular weight excluding hydrogens is 490 g/mol. The molecule has 0 spiro atoms. The molecule has 0 aliphatic heterocycles. The predicted octanol–water partition coefficient (Wildman–Crippen LogP) is 4.75. The number of amides is 2. The van der Waals surface area contributed by atoms with Crippen molar-refractivity contribution in [2.45, 2.75) is 29.9 Å². The topological polar surface area (TPSA) is 127 Å². The first-order valence-corrected chi connectivity index (χ1v) is 12.3. The average molecular weight is 516 g/mol. The number of methoxy groups -OCH3 is 2. The number of hydrogen-bond acceptors (Lipinski definition) is 8. The van der Waals surface area contributed by atoms with Crippen LogP contribution in [0.4, 0.5) is 10.8 Å². The van der Waals surface area contributed by atoms with E-state index in [0.717, 1.165) is 10.5 Å². The van der Waals surface area contributed by atoms with Gasteiger partial charge in [0.1, 0.15) is 0 Å². The van der Waals surface area contributed by atoms with Gasteiger partial charge in [-0.3, -0.25) is 14.4 Å². The highest BCUT2D eigenvalue weighted by Gasteiger charge is 2.17. The summed E-state index contributed by atoms with van der Waals surface area (Å²) in [6.07, 6.45) is -0.341. The summed E-state index contributed by atoms with van der Waals surface area (Å²) in [5.74, 6) is -0.405. The zero-order valence-corrected chi connectivity index (χ0v) is 21.0. The van der Waals surface area contributed by atoms with Gasteiger partial charge in [0.25, 0.3) is 0 Å². The van der Waals surface area contributed by atoms with E-state index in [2.05, 4.69) is 15.6 Å². The number of carbonyl (C=O) groups excluding carboxylic acids is 2. The molecule has 1 atom stereocenters. The van der Waals surface area contributed by atoms with E-state index < -0.39 is 11.2 Å². The first-order chi connectivity index (χ1) is 16.8. The van der Waals surface area contributed by atoms with Gasteiger partial charge < -0.3 is 25.2 Å². The number of carbonyl (C=O) groups is 3. The van der Waals surface area contributed by atoms with Crippen LogP contribution in [0, 0.1) is 0 Å². The van der Waals surface area contributed by atoms with Gasteiger partial charge >= 0.3 is 5.97 Å². The lowest BCUT2D eigenvalue weighted by Crippen LogP contribution is -2.22. The number of benzene rings is 2. The van der Waals surface area contributed by atoms with Crippen molar-refractivity contribution in [2.24, 2.45) is 0 Å². The van der Waals surface area contributed by atoms with Gasteiger partial charge in [0.15, 0.2) is 16.6 Å². The van der Waals surface area contributed by atoms with Crippen LogP contribution in [0.15, 0.2) is 52.7 Å². The van der Waals surface area contributed by atoms with E-state index in [1.54, 1.807) is 45.4 Å². The minimum atomic E-state index is -1.03. The van der Waals surface area contributed by atoms with Crippen molar-refractivity contribution in [3.63, 3.8) is 0 Å². The number of carboxylic acids is 1. The molecule has 0 bridgehead atoms. The van der Waals surface area contributed by atoms with Crippen molar-refractivity contribution in [2.75, 3.05) is 24.9 Å². The number of aromatic nitrogens is 1. The van der Waals surface area contributed by atoms with Crippen LogP contribution >= 0.6 is 23.1 Å². The molecule has 0 saturated carbocycles. The lowest BCUT2D eigenvalue weighted by molar-refractivity contribution is -0.138. The van der Waals surface area contributed by atoms with Gasteiger partial charge in [0, 0.05) is 27.9 Å². The summed E-state index contributed by atoms with van der Waals surface area (Å²) >= 11 is 2.65. The summed E-state index contributed by atoms with van der Waals surface area (Å²) in [5.41, 5.74) is 2.08. The molecule has 1 unspecified atom stereocenters. The molecule has 9 nitrogen and oxygen atoms in total. The molecule has 0 aliphatic rings. The maximum Gasteiger partial charge on any atom is 0.303 e. The second-order valence-corrected chi connectivity index (χ2v) is 9.60. The Kier molecular flexibility index (Phi) is 9.10. The van der Waals surface area contributed by atoms with Crippen LogP contribution in [-0.2, 0) is 14.4 Å². The molecule has 3 aromatic rings. The lowest BCUT2D eigenvalue weighted by atomic mass is 10.1. The predicted molar refractivity (Wildman–Crippen MR) is 137 cm³/mol. The average Bonchev–Trinajstić information content (AvgIpc) is 3.30. The second-order valence-electron chi connectivity index (χ2n) is 7.33. The molecule has 1 heterocycles. The number of carboxylic acid groups (broad SMARTS) is 1. The third-order valence-corrected chi connectivity index (χ3v) is 6.63. The summed E-state index contributed by atoms with van der Waals surface area (Å²) in [4.78, 5) is 40.5. The van der Waals surface area contributed by atoms with Crippen molar-refractivity contribution < 1.29 is 29.0 Å². The number of thiazole rings is 1. The van der Waals surface area contributed by atoms with Crippen LogP contribution in [-0.4, -0.2) is 47.3 Å². The van der Waals surface area contributed by atoms with Crippen LogP contribution in [0.25, 0.3) is 11.3 Å². The molecule has 1 aromatic heterocycles. The summed E-state index contributed by atoms with van der Waals surface area (Å²) in [6.45, 7) is 1.78. The number of hydrogen-bond donors (Lipinski definition) is 3. The van der Waals surface area contributed by atoms with Crippen LogP contribution < -0.4 is 20.1 Å². The fourth-order valence-corrected chi connectivity index (χ4v) is 4.66. The molecule has 2 aromatic carbocycles. The molecule has 184 valence electrons. The Morgan fingerprint density at radius 2 is 1.83 bits per heavy atom. The lowest BCUT2D eigenvalue weighted by Gasteiger charge is -2.12. The Balaban J connectivity index is 1.59. The highest BCUT2D eigenvalue weighted by Crippen LogP contribution is 2.34. The van der Waals surface area contributed by atoms with Gasteiger partial charge in [-0.2, -0.15) is 0 Å². The van der Waals surface area contributed by atoms with Crippen molar-refractivity contribution in [1.82, 2.24) is 4.98 Å². The van der Waals surface area contributed by atoms with Crippen LogP contribution in [0.1, 0.15) is 19.8 Å². The second kappa shape index (κ2) is 12.2. The Morgan fingerprint density at radius 1 is 1.06 bits per heavy atom. The van der Waals surface area contributed by atoms with Crippen molar-refractivity contribution >= 4 is 51.7 Å². The molecule has 3 rings (SSSR count). The number of aliphatic carboxylic acids is 1. The van der Waals surface area contributed by atoms with Gasteiger partial charge in [-0.25, -0.2) is 4.98 Å². The van der Waals surface area contributed by atoms with E-state index in [-0.39, 0.29) is 24.7 Å². The SMILES string of the molecule is COc1ccc(-c2csc(NC(=O)C(C)Sc3cccc(NC(=O)CCC(=O)O)c3)n2)cc1OC. The van der Waals surface area contributed by atoms with Gasteiger partial charge in [-0.15, -0.1) is 23.1 Å². The summed E-state index contributed by atoms with van der Waals surface area (Å²) < 4.78 is 10.6. The third-order valence-electron chi connectivity index (χ3n) is 4.78.